The predicted molar refractivity (Wildman–Crippen MR) is 46.3 cm³/mol. The first kappa shape index (κ1) is 9.47. The minimum Gasteiger partial charge on any atom is -0.305 e. The van der Waals surface area contributed by atoms with E-state index in [0.717, 1.165) is 12.1 Å². The van der Waals surface area contributed by atoms with Crippen molar-refractivity contribution in [3.05, 3.63) is 0 Å². The topological polar surface area (TPSA) is 24.4 Å². The van der Waals surface area contributed by atoms with Gasteiger partial charge >= 0.3 is 0 Å². The van der Waals surface area contributed by atoms with Crippen molar-refractivity contribution in [3.63, 3.8) is 0 Å². The Bertz CT molecular complexity index is 120. The smallest absolute Gasteiger partial charge is 0.0464 e. The molecule has 1 N–H and O–H groups in total. The van der Waals surface area contributed by atoms with Crippen molar-refractivity contribution >= 4 is 5.71 Å². The zero-order valence-corrected chi connectivity index (χ0v) is 7.65. The van der Waals surface area contributed by atoms with E-state index in [1.165, 1.54) is 0 Å². The minimum absolute atomic E-state index is 0.0937. The molecule has 0 amide bonds. The number of nitrogens with one attached hydrogen (secondary N) is 1. The van der Waals surface area contributed by atoms with Crippen LogP contribution >= 0.6 is 0 Å². The molecule has 0 radical (unpaired) electrons. The molecule has 2 heteroatoms. The largest absolute Gasteiger partial charge is 0.305 e. The molecule has 2 nitrogen and oxygen atoms in total. The monoisotopic (exact) mass is 142 g/mol. The van der Waals surface area contributed by atoms with Gasteiger partial charge in [0, 0.05) is 11.3 Å². The fourth-order valence-corrected chi connectivity index (χ4v) is 0.342. The molecule has 0 aromatic heterocycles. The third kappa shape index (κ3) is 5.60. The van der Waals surface area contributed by atoms with Gasteiger partial charge in [0.2, 0.25) is 0 Å². The molecule has 0 heterocycles. The zero-order chi connectivity index (χ0) is 8.20. The zero-order valence-electron chi connectivity index (χ0n) is 7.65. The van der Waals surface area contributed by atoms with Crippen molar-refractivity contribution in [2.75, 3.05) is 0 Å². The lowest BCUT2D eigenvalue weighted by Gasteiger charge is -2.17. The third-order valence-corrected chi connectivity index (χ3v) is 1.09. The van der Waals surface area contributed by atoms with Crippen LogP contribution < -0.4 is 5.43 Å². The molecule has 0 spiro atoms. The molecule has 0 aliphatic heterocycles. The summed E-state index contributed by atoms with van der Waals surface area (Å²) in [5, 5.41) is 4.18. The molecule has 0 aliphatic carbocycles. The van der Waals surface area contributed by atoms with Crippen LogP contribution in [0.3, 0.4) is 0 Å². The van der Waals surface area contributed by atoms with Crippen LogP contribution in [0.15, 0.2) is 5.10 Å². The van der Waals surface area contributed by atoms with Gasteiger partial charge in [-0.25, -0.2) is 0 Å². The second-order valence-corrected chi connectivity index (χ2v) is 3.56. The first-order valence-corrected chi connectivity index (χ1v) is 3.76. The number of hydrazone groups is 1. The lowest BCUT2D eigenvalue weighted by molar-refractivity contribution is 0.440. The van der Waals surface area contributed by atoms with Crippen LogP contribution in [0.4, 0.5) is 0 Å². The van der Waals surface area contributed by atoms with Gasteiger partial charge in [-0.3, -0.25) is 0 Å². The lowest BCUT2D eigenvalue weighted by atomic mass is 10.1. The van der Waals surface area contributed by atoms with Crippen LogP contribution in [0.25, 0.3) is 0 Å². The van der Waals surface area contributed by atoms with E-state index in [9.17, 15) is 0 Å². The first-order valence-electron chi connectivity index (χ1n) is 3.76. The number of hydrogen-bond acceptors (Lipinski definition) is 2. The SMILES string of the molecule is CC/C(C)=N\NC(C)(C)C. The Morgan fingerprint density at radius 3 is 2.20 bits per heavy atom. The Hall–Kier alpha value is -0.530. The van der Waals surface area contributed by atoms with Crippen molar-refractivity contribution in [2.45, 2.75) is 46.6 Å². The van der Waals surface area contributed by atoms with Crippen molar-refractivity contribution < 1.29 is 0 Å². The average molecular weight is 142 g/mol. The Morgan fingerprint density at radius 1 is 1.40 bits per heavy atom. The van der Waals surface area contributed by atoms with Crippen LogP contribution in [-0.4, -0.2) is 11.3 Å². The van der Waals surface area contributed by atoms with Crippen LogP contribution in [-0.2, 0) is 0 Å². The molecule has 10 heavy (non-hydrogen) atoms. The quantitative estimate of drug-likeness (QED) is 0.463. The van der Waals surface area contributed by atoms with Gasteiger partial charge in [-0.05, 0) is 34.1 Å². The Morgan fingerprint density at radius 2 is 1.90 bits per heavy atom. The summed E-state index contributed by atoms with van der Waals surface area (Å²) in [6.45, 7) is 10.4. The molecule has 60 valence electrons. The highest BCUT2D eigenvalue weighted by Gasteiger charge is 2.05. The second kappa shape index (κ2) is 3.59. The number of hydrogen-bond donors (Lipinski definition) is 1. The van der Waals surface area contributed by atoms with Crippen LogP contribution in [0.5, 0.6) is 0 Å². The minimum atomic E-state index is 0.0937. The van der Waals surface area contributed by atoms with Crippen LogP contribution in [0.1, 0.15) is 41.0 Å². The highest BCUT2D eigenvalue weighted by Crippen LogP contribution is 1.98. The summed E-state index contributed by atoms with van der Waals surface area (Å²) in [7, 11) is 0. The summed E-state index contributed by atoms with van der Waals surface area (Å²) < 4.78 is 0. The van der Waals surface area contributed by atoms with Crippen molar-refractivity contribution in [1.29, 1.82) is 0 Å². The summed E-state index contributed by atoms with van der Waals surface area (Å²) >= 11 is 0. The number of rotatable bonds is 2. The Kier molecular flexibility index (Phi) is 3.40. The van der Waals surface area contributed by atoms with Crippen molar-refractivity contribution in [3.8, 4) is 0 Å². The van der Waals surface area contributed by atoms with Gasteiger partial charge in [0.25, 0.3) is 0 Å². The maximum atomic E-state index is 4.18. The maximum Gasteiger partial charge on any atom is 0.0464 e. The van der Waals surface area contributed by atoms with E-state index < -0.39 is 0 Å². The predicted octanol–water partition coefficient (Wildman–Crippen LogP) is 2.16. The van der Waals surface area contributed by atoms with E-state index in [0.29, 0.717) is 0 Å². The Balaban J connectivity index is 3.73. The molecule has 0 aromatic rings. The van der Waals surface area contributed by atoms with Gasteiger partial charge in [0.1, 0.15) is 0 Å². The highest BCUT2D eigenvalue weighted by molar-refractivity contribution is 5.81. The van der Waals surface area contributed by atoms with E-state index in [1.54, 1.807) is 0 Å². The molecular formula is C8H18N2. The van der Waals surface area contributed by atoms with E-state index >= 15 is 0 Å². The first-order chi connectivity index (χ1) is 4.45. The van der Waals surface area contributed by atoms with Gasteiger partial charge in [-0.15, -0.1) is 0 Å². The van der Waals surface area contributed by atoms with Crippen molar-refractivity contribution in [1.82, 2.24) is 5.43 Å². The summed E-state index contributed by atoms with van der Waals surface area (Å²) in [6.07, 6.45) is 1.02. The van der Waals surface area contributed by atoms with Gasteiger partial charge < -0.3 is 5.43 Å². The second-order valence-electron chi connectivity index (χ2n) is 3.56. The van der Waals surface area contributed by atoms with E-state index in [4.69, 9.17) is 0 Å². The van der Waals surface area contributed by atoms with E-state index in [1.807, 2.05) is 6.92 Å². The summed E-state index contributed by atoms with van der Waals surface area (Å²) in [6, 6.07) is 0. The summed E-state index contributed by atoms with van der Waals surface area (Å²) in [5.41, 5.74) is 4.30. The molecule has 0 fully saturated rings. The Labute approximate surface area is 63.7 Å². The molecule has 0 saturated carbocycles. The molecule has 0 rings (SSSR count). The highest BCUT2D eigenvalue weighted by atomic mass is 15.3. The van der Waals surface area contributed by atoms with Gasteiger partial charge in [0.15, 0.2) is 0 Å². The normalized spacial score (nSPS) is 13.5. The molecule has 0 atom stereocenters. The molecular weight excluding hydrogens is 124 g/mol. The van der Waals surface area contributed by atoms with E-state index in [2.05, 4.69) is 38.2 Å². The van der Waals surface area contributed by atoms with Gasteiger partial charge in [0.05, 0.1) is 0 Å². The molecule has 0 bridgehead atoms. The lowest BCUT2D eigenvalue weighted by Crippen LogP contribution is -2.31. The fourth-order valence-electron chi connectivity index (χ4n) is 0.342. The molecule has 0 saturated heterocycles. The average Bonchev–Trinajstić information content (AvgIpc) is 1.81. The van der Waals surface area contributed by atoms with E-state index in [-0.39, 0.29) is 5.54 Å². The summed E-state index contributed by atoms with van der Waals surface area (Å²) in [5.74, 6) is 0. The molecule has 0 unspecified atom stereocenters. The van der Waals surface area contributed by atoms with Gasteiger partial charge in [-0.1, -0.05) is 6.92 Å². The summed E-state index contributed by atoms with van der Waals surface area (Å²) in [4.78, 5) is 0. The molecule has 0 aliphatic rings. The van der Waals surface area contributed by atoms with Crippen LogP contribution in [0, 0.1) is 0 Å². The number of nitrogens with zero attached hydrogens (tertiary/aromatic N) is 1. The van der Waals surface area contributed by atoms with Crippen LogP contribution in [0.2, 0.25) is 0 Å². The molecule has 0 aromatic carbocycles. The fraction of sp³-hybridized carbons (Fsp3) is 0.875. The maximum absolute atomic E-state index is 4.18. The van der Waals surface area contributed by atoms with Crippen molar-refractivity contribution in [2.24, 2.45) is 5.10 Å². The standard InChI is InChI=1S/C8H18N2/c1-6-7(2)9-10-8(3,4)5/h10H,6H2,1-5H3/b9-7-. The third-order valence-electron chi connectivity index (χ3n) is 1.09. The van der Waals surface area contributed by atoms with Gasteiger partial charge in [-0.2, -0.15) is 5.10 Å².